The molecule has 6 nitrogen and oxygen atoms in total. The Bertz CT molecular complexity index is 1250. The molecule has 0 saturated heterocycles. The van der Waals surface area contributed by atoms with Gasteiger partial charge in [0.05, 0.1) is 9.79 Å². The minimum atomic E-state index is -4.38. The number of fused-ring (bicyclic) bond motifs is 2. The molecule has 29 heavy (non-hydrogen) atoms. The summed E-state index contributed by atoms with van der Waals surface area (Å²) in [5, 5.41) is 2.46. The summed E-state index contributed by atoms with van der Waals surface area (Å²) >= 11 is 0. The second-order valence-corrected chi connectivity index (χ2v) is 8.56. The first-order chi connectivity index (χ1) is 13.2. The zero-order chi connectivity index (χ0) is 20.4. The quantitative estimate of drug-likeness (QED) is 0.295. The first-order valence-corrected chi connectivity index (χ1v) is 10.9. The molecule has 0 bridgehead atoms. The van der Waals surface area contributed by atoms with Gasteiger partial charge in [-0.2, -0.15) is 0 Å². The molecule has 0 unspecified atom stereocenters. The molecule has 0 aromatic heterocycles. The minimum absolute atomic E-state index is 0. The van der Waals surface area contributed by atoms with Crippen molar-refractivity contribution in [1.29, 1.82) is 0 Å². The summed E-state index contributed by atoms with van der Waals surface area (Å²) in [4.78, 5) is -0.314. The summed E-state index contributed by atoms with van der Waals surface area (Å²) < 4.78 is 65.3. The van der Waals surface area contributed by atoms with Crippen LogP contribution in [0, 0.1) is 0 Å². The third-order valence-electron chi connectivity index (χ3n) is 4.04. The van der Waals surface area contributed by atoms with E-state index in [0.29, 0.717) is 10.8 Å². The van der Waals surface area contributed by atoms with Gasteiger partial charge in [0, 0.05) is 0 Å². The van der Waals surface area contributed by atoms with Gasteiger partial charge in [0.25, 0.3) is 0 Å². The first kappa shape index (κ1) is 23.2. The third kappa shape index (κ3) is 5.48. The van der Waals surface area contributed by atoms with Gasteiger partial charge in [0.2, 0.25) is 0 Å². The molecule has 4 rings (SSSR count). The van der Waals surface area contributed by atoms with E-state index < -0.39 is 20.2 Å². The number of hydrogen-bond donors (Lipinski definition) is 0. The Hall–Kier alpha value is -2.12. The standard InChI is InChI=1S/2C10H8O3S.Pd/c2*11-14(12,13)10-7-3-5-8-4-1-2-6-9(8)10;/h2*1-7H,(H,11,12,13);/q;;+2/p-2. The maximum atomic E-state index is 10.9. The van der Waals surface area contributed by atoms with Gasteiger partial charge in [-0.15, -0.1) is 0 Å². The van der Waals surface area contributed by atoms with E-state index in [-0.39, 0.29) is 30.2 Å². The van der Waals surface area contributed by atoms with Crippen LogP contribution in [0.15, 0.2) is 94.7 Å². The fraction of sp³-hybridized carbons (Fsp3) is 0. The van der Waals surface area contributed by atoms with E-state index in [0.717, 1.165) is 10.8 Å². The van der Waals surface area contributed by atoms with Crippen LogP contribution < -0.4 is 0 Å². The number of rotatable bonds is 2. The van der Waals surface area contributed by atoms with Gasteiger partial charge in [0.1, 0.15) is 20.2 Å². The average Bonchev–Trinajstić information content (AvgIpc) is 2.66. The zero-order valence-electron chi connectivity index (χ0n) is 14.7. The molecule has 0 aliphatic heterocycles. The number of hydrogen-bond acceptors (Lipinski definition) is 6. The van der Waals surface area contributed by atoms with E-state index in [1.807, 2.05) is 0 Å². The van der Waals surface area contributed by atoms with Crippen LogP contribution in [0.25, 0.3) is 21.5 Å². The SMILES string of the molecule is O=S(=O)([O-])c1cccc2ccccc12.O=S(=O)([O-])c1cccc2ccccc12.[Pd+2]. The van der Waals surface area contributed by atoms with Crippen molar-refractivity contribution >= 4 is 41.8 Å². The van der Waals surface area contributed by atoms with Crippen molar-refractivity contribution in [3.05, 3.63) is 84.9 Å². The normalized spacial score (nSPS) is 11.4. The molecule has 4 aromatic carbocycles. The summed E-state index contributed by atoms with van der Waals surface area (Å²) in [7, 11) is -8.76. The van der Waals surface area contributed by atoms with Crippen LogP contribution in [-0.4, -0.2) is 25.9 Å². The predicted molar refractivity (Wildman–Crippen MR) is 104 cm³/mol. The molecular formula is C20H14O6PdS2. The molecule has 0 N–H and O–H groups in total. The van der Waals surface area contributed by atoms with Gasteiger partial charge in [-0.25, -0.2) is 16.8 Å². The molecule has 0 aliphatic carbocycles. The van der Waals surface area contributed by atoms with Crippen molar-refractivity contribution in [2.75, 3.05) is 0 Å². The van der Waals surface area contributed by atoms with Crippen LogP contribution in [0.1, 0.15) is 0 Å². The average molecular weight is 521 g/mol. The molecule has 0 saturated carbocycles. The van der Waals surface area contributed by atoms with E-state index in [2.05, 4.69) is 0 Å². The van der Waals surface area contributed by atoms with Gasteiger partial charge in [-0.1, -0.05) is 72.8 Å². The van der Waals surface area contributed by atoms with Gasteiger partial charge < -0.3 is 9.11 Å². The summed E-state index contributed by atoms with van der Waals surface area (Å²) in [5.74, 6) is 0. The van der Waals surface area contributed by atoms with Crippen LogP contribution in [0.4, 0.5) is 0 Å². The molecule has 4 aromatic rings. The van der Waals surface area contributed by atoms with Crippen molar-refractivity contribution in [2.24, 2.45) is 0 Å². The summed E-state index contributed by atoms with van der Waals surface area (Å²) in [6.45, 7) is 0. The second-order valence-electron chi connectivity index (χ2n) is 5.86. The topological polar surface area (TPSA) is 114 Å². The second kappa shape index (κ2) is 9.14. The fourth-order valence-corrected chi connectivity index (χ4v) is 4.23. The van der Waals surface area contributed by atoms with Crippen LogP contribution in [0.3, 0.4) is 0 Å². The van der Waals surface area contributed by atoms with Crippen LogP contribution in [0.2, 0.25) is 0 Å². The fourth-order valence-electron chi connectivity index (χ4n) is 2.83. The Morgan fingerprint density at radius 3 is 1.14 bits per heavy atom. The van der Waals surface area contributed by atoms with Crippen molar-refractivity contribution in [1.82, 2.24) is 0 Å². The van der Waals surface area contributed by atoms with E-state index in [9.17, 15) is 25.9 Å². The van der Waals surface area contributed by atoms with E-state index in [1.54, 1.807) is 72.8 Å². The summed E-state index contributed by atoms with van der Waals surface area (Å²) in [6.07, 6.45) is 0. The molecule has 0 fully saturated rings. The first-order valence-electron chi connectivity index (χ1n) is 8.05. The largest absolute Gasteiger partial charge is 2.00 e. The van der Waals surface area contributed by atoms with E-state index in [1.165, 1.54) is 12.1 Å². The van der Waals surface area contributed by atoms with Gasteiger partial charge in [-0.3, -0.25) is 0 Å². The smallest absolute Gasteiger partial charge is 0.744 e. The molecular weight excluding hydrogens is 507 g/mol. The van der Waals surface area contributed by atoms with Gasteiger partial charge in [-0.05, 0) is 33.7 Å². The van der Waals surface area contributed by atoms with Gasteiger partial charge in [0.15, 0.2) is 0 Å². The van der Waals surface area contributed by atoms with Gasteiger partial charge >= 0.3 is 20.4 Å². The Morgan fingerprint density at radius 1 is 0.483 bits per heavy atom. The number of benzene rings is 4. The molecule has 0 aliphatic rings. The van der Waals surface area contributed by atoms with Crippen LogP contribution in [0.5, 0.6) is 0 Å². The zero-order valence-corrected chi connectivity index (χ0v) is 17.9. The maximum absolute atomic E-state index is 10.9. The summed E-state index contributed by atoms with van der Waals surface area (Å²) in [6, 6.07) is 23.1. The Labute approximate surface area is 182 Å². The molecule has 0 atom stereocenters. The van der Waals surface area contributed by atoms with E-state index in [4.69, 9.17) is 0 Å². The molecule has 152 valence electrons. The molecule has 0 heterocycles. The Morgan fingerprint density at radius 2 is 0.793 bits per heavy atom. The minimum Gasteiger partial charge on any atom is -0.744 e. The summed E-state index contributed by atoms with van der Waals surface area (Å²) in [5.41, 5.74) is 0. The van der Waals surface area contributed by atoms with Crippen molar-refractivity contribution in [3.63, 3.8) is 0 Å². The predicted octanol–water partition coefficient (Wildman–Crippen LogP) is 3.49. The van der Waals surface area contributed by atoms with Crippen molar-refractivity contribution in [3.8, 4) is 0 Å². The maximum Gasteiger partial charge on any atom is 2.00 e. The Kier molecular flexibility index (Phi) is 7.30. The van der Waals surface area contributed by atoms with Crippen LogP contribution >= 0.6 is 0 Å². The van der Waals surface area contributed by atoms with Crippen molar-refractivity contribution in [2.45, 2.75) is 9.79 Å². The third-order valence-corrected chi connectivity index (χ3v) is 5.83. The molecule has 9 heteroatoms. The van der Waals surface area contributed by atoms with Crippen molar-refractivity contribution < 1.29 is 46.4 Å². The molecule has 0 amide bonds. The monoisotopic (exact) mass is 520 g/mol. The van der Waals surface area contributed by atoms with Crippen LogP contribution in [-0.2, 0) is 40.7 Å². The molecule has 0 radical (unpaired) electrons. The molecule has 0 spiro atoms. The van der Waals surface area contributed by atoms with E-state index >= 15 is 0 Å². The Balaban J connectivity index is 0.000000200.